The van der Waals surface area contributed by atoms with E-state index in [1.165, 1.54) is 0 Å². The molecule has 0 aliphatic carbocycles. The Morgan fingerprint density at radius 3 is 2.81 bits per heavy atom. The first-order chi connectivity index (χ1) is 12.6. The molecule has 1 saturated heterocycles. The molecule has 6 nitrogen and oxygen atoms in total. The lowest BCUT2D eigenvalue weighted by Crippen LogP contribution is -2.29. The van der Waals surface area contributed by atoms with Gasteiger partial charge in [-0.3, -0.25) is 4.79 Å². The SMILES string of the molecule is Cc1cccn2cc(-c3ccc(NC(=O)[C@@H]4CC[C@H](CN)O4)cc3)nc12. The van der Waals surface area contributed by atoms with Crippen molar-refractivity contribution in [2.75, 3.05) is 11.9 Å². The summed E-state index contributed by atoms with van der Waals surface area (Å²) in [6, 6.07) is 11.8. The number of aromatic nitrogens is 2. The minimum atomic E-state index is -0.412. The summed E-state index contributed by atoms with van der Waals surface area (Å²) in [7, 11) is 0. The van der Waals surface area contributed by atoms with Crippen LogP contribution in [0.3, 0.4) is 0 Å². The summed E-state index contributed by atoms with van der Waals surface area (Å²) in [4.78, 5) is 17.0. The first-order valence-electron chi connectivity index (χ1n) is 8.85. The van der Waals surface area contributed by atoms with Crippen molar-refractivity contribution in [1.82, 2.24) is 9.38 Å². The predicted octanol–water partition coefficient (Wildman–Crippen LogP) is 2.75. The van der Waals surface area contributed by atoms with Crippen LogP contribution in [0.1, 0.15) is 18.4 Å². The van der Waals surface area contributed by atoms with Crippen LogP contribution in [0.15, 0.2) is 48.8 Å². The second-order valence-electron chi connectivity index (χ2n) is 6.67. The molecule has 2 atom stereocenters. The number of anilines is 1. The number of nitrogens with zero attached hydrogens (tertiary/aromatic N) is 2. The van der Waals surface area contributed by atoms with Crippen molar-refractivity contribution in [1.29, 1.82) is 0 Å². The number of nitrogens with one attached hydrogen (secondary N) is 1. The van der Waals surface area contributed by atoms with Crippen LogP contribution in [0, 0.1) is 6.92 Å². The number of rotatable bonds is 4. The van der Waals surface area contributed by atoms with Crippen molar-refractivity contribution < 1.29 is 9.53 Å². The van der Waals surface area contributed by atoms with E-state index in [2.05, 4.69) is 5.32 Å². The molecular weight excluding hydrogens is 328 g/mol. The highest BCUT2D eigenvalue weighted by molar-refractivity contribution is 5.94. The minimum Gasteiger partial charge on any atom is -0.364 e. The van der Waals surface area contributed by atoms with E-state index in [9.17, 15) is 4.79 Å². The summed E-state index contributed by atoms with van der Waals surface area (Å²) < 4.78 is 7.65. The van der Waals surface area contributed by atoms with Gasteiger partial charge in [0.15, 0.2) is 0 Å². The fourth-order valence-electron chi connectivity index (χ4n) is 3.31. The standard InChI is InChI=1S/C20H22N4O2/c1-13-3-2-10-24-12-17(23-19(13)24)14-4-6-15(7-5-14)22-20(25)18-9-8-16(11-21)26-18/h2-7,10,12,16,18H,8-9,11,21H2,1H3,(H,22,25)/t16-,18+/m1/s1. The molecule has 26 heavy (non-hydrogen) atoms. The summed E-state index contributed by atoms with van der Waals surface area (Å²) in [6.07, 6.45) is 5.13. The van der Waals surface area contributed by atoms with Crippen LogP contribution in [-0.2, 0) is 9.53 Å². The fourth-order valence-corrected chi connectivity index (χ4v) is 3.31. The zero-order valence-electron chi connectivity index (χ0n) is 14.7. The van der Waals surface area contributed by atoms with Crippen LogP contribution in [0.25, 0.3) is 16.9 Å². The summed E-state index contributed by atoms with van der Waals surface area (Å²) in [5, 5.41) is 2.91. The Morgan fingerprint density at radius 1 is 1.31 bits per heavy atom. The second-order valence-corrected chi connectivity index (χ2v) is 6.67. The van der Waals surface area contributed by atoms with E-state index in [1.807, 2.05) is 60.1 Å². The van der Waals surface area contributed by atoms with Crippen LogP contribution in [-0.4, -0.2) is 34.0 Å². The molecule has 0 saturated carbocycles. The van der Waals surface area contributed by atoms with Crippen LogP contribution >= 0.6 is 0 Å². The van der Waals surface area contributed by atoms with E-state index < -0.39 is 6.10 Å². The Hall–Kier alpha value is -2.70. The highest BCUT2D eigenvalue weighted by Gasteiger charge is 2.29. The van der Waals surface area contributed by atoms with Gasteiger partial charge in [-0.05, 0) is 43.5 Å². The molecule has 3 N–H and O–H groups in total. The molecule has 1 amide bonds. The molecule has 134 valence electrons. The quantitative estimate of drug-likeness (QED) is 0.758. The molecular formula is C20H22N4O2. The number of pyridine rings is 1. The molecule has 0 spiro atoms. The van der Waals surface area contributed by atoms with Gasteiger partial charge in [0.05, 0.1) is 11.8 Å². The number of amides is 1. The zero-order chi connectivity index (χ0) is 18.1. The molecule has 4 rings (SSSR count). The van der Waals surface area contributed by atoms with Gasteiger partial charge < -0.3 is 20.2 Å². The predicted molar refractivity (Wildman–Crippen MR) is 101 cm³/mol. The van der Waals surface area contributed by atoms with Crippen LogP contribution in [0.5, 0.6) is 0 Å². The number of carbonyl (C=O) groups is 1. The van der Waals surface area contributed by atoms with Crippen LogP contribution < -0.4 is 11.1 Å². The number of nitrogens with two attached hydrogens (primary N) is 1. The molecule has 1 aliphatic rings. The Morgan fingerprint density at radius 2 is 2.12 bits per heavy atom. The van der Waals surface area contributed by atoms with E-state index in [-0.39, 0.29) is 12.0 Å². The monoisotopic (exact) mass is 350 g/mol. The number of hydrogen-bond acceptors (Lipinski definition) is 4. The molecule has 2 aromatic heterocycles. The molecule has 0 radical (unpaired) electrons. The number of imidazole rings is 1. The maximum atomic E-state index is 12.3. The maximum Gasteiger partial charge on any atom is 0.253 e. The van der Waals surface area contributed by atoms with Gasteiger partial charge >= 0.3 is 0 Å². The fraction of sp³-hybridized carbons (Fsp3) is 0.300. The van der Waals surface area contributed by atoms with Crippen molar-refractivity contribution in [2.45, 2.75) is 32.0 Å². The molecule has 3 heterocycles. The summed E-state index contributed by atoms with van der Waals surface area (Å²) in [5.74, 6) is -0.114. The molecule has 0 unspecified atom stereocenters. The Balaban J connectivity index is 1.48. The van der Waals surface area contributed by atoms with E-state index in [1.54, 1.807) is 0 Å². The van der Waals surface area contributed by atoms with Crippen LogP contribution in [0.4, 0.5) is 5.69 Å². The number of fused-ring (bicyclic) bond motifs is 1. The van der Waals surface area contributed by atoms with Crippen molar-refractivity contribution >= 4 is 17.2 Å². The number of hydrogen-bond donors (Lipinski definition) is 2. The van der Waals surface area contributed by atoms with Crippen molar-refractivity contribution in [2.24, 2.45) is 5.73 Å². The van der Waals surface area contributed by atoms with Gasteiger partial charge in [-0.25, -0.2) is 4.98 Å². The smallest absolute Gasteiger partial charge is 0.253 e. The van der Waals surface area contributed by atoms with Crippen molar-refractivity contribution in [3.63, 3.8) is 0 Å². The van der Waals surface area contributed by atoms with E-state index in [0.717, 1.165) is 34.6 Å². The van der Waals surface area contributed by atoms with Gasteiger partial charge in [-0.15, -0.1) is 0 Å². The lowest BCUT2D eigenvalue weighted by Gasteiger charge is -2.12. The number of carbonyl (C=O) groups excluding carboxylic acids is 1. The second kappa shape index (κ2) is 6.90. The first kappa shape index (κ1) is 16.8. The van der Waals surface area contributed by atoms with Crippen molar-refractivity contribution in [3.05, 3.63) is 54.4 Å². The Kier molecular flexibility index (Phi) is 4.44. The average molecular weight is 350 g/mol. The molecule has 1 aliphatic heterocycles. The molecule has 1 fully saturated rings. The van der Waals surface area contributed by atoms with E-state index in [4.69, 9.17) is 15.5 Å². The normalized spacial score (nSPS) is 19.8. The third kappa shape index (κ3) is 3.21. The molecule has 6 heteroatoms. The summed E-state index contributed by atoms with van der Waals surface area (Å²) in [5.41, 5.74) is 10.3. The number of aryl methyl sites for hydroxylation is 1. The highest BCUT2D eigenvalue weighted by Crippen LogP contribution is 2.24. The lowest BCUT2D eigenvalue weighted by atomic mass is 10.1. The maximum absolute atomic E-state index is 12.3. The average Bonchev–Trinajstić information content (AvgIpc) is 3.30. The zero-order valence-corrected chi connectivity index (χ0v) is 14.7. The van der Waals surface area contributed by atoms with E-state index >= 15 is 0 Å². The largest absolute Gasteiger partial charge is 0.364 e. The molecule has 0 bridgehead atoms. The van der Waals surface area contributed by atoms with E-state index in [0.29, 0.717) is 13.0 Å². The topological polar surface area (TPSA) is 81.7 Å². The third-order valence-electron chi connectivity index (χ3n) is 4.79. The molecule has 3 aromatic rings. The summed E-state index contributed by atoms with van der Waals surface area (Å²) in [6.45, 7) is 2.50. The van der Waals surface area contributed by atoms with Gasteiger partial charge in [0, 0.05) is 30.2 Å². The first-order valence-corrected chi connectivity index (χ1v) is 8.85. The third-order valence-corrected chi connectivity index (χ3v) is 4.79. The number of benzene rings is 1. The van der Waals surface area contributed by atoms with Gasteiger partial charge in [-0.2, -0.15) is 0 Å². The van der Waals surface area contributed by atoms with Gasteiger partial charge in [0.25, 0.3) is 5.91 Å². The van der Waals surface area contributed by atoms with Crippen LogP contribution in [0.2, 0.25) is 0 Å². The Labute approximate surface area is 152 Å². The Bertz CT molecular complexity index is 933. The van der Waals surface area contributed by atoms with Crippen molar-refractivity contribution in [3.8, 4) is 11.3 Å². The highest BCUT2D eigenvalue weighted by atomic mass is 16.5. The molecule has 1 aromatic carbocycles. The van der Waals surface area contributed by atoms with Gasteiger partial charge in [0.1, 0.15) is 11.8 Å². The van der Waals surface area contributed by atoms with Gasteiger partial charge in [0.2, 0.25) is 0 Å². The van der Waals surface area contributed by atoms with Gasteiger partial charge in [-0.1, -0.05) is 18.2 Å². The number of ether oxygens (including phenoxy) is 1. The lowest BCUT2D eigenvalue weighted by molar-refractivity contribution is -0.126. The minimum absolute atomic E-state index is 0.00775. The summed E-state index contributed by atoms with van der Waals surface area (Å²) >= 11 is 0.